The summed E-state index contributed by atoms with van der Waals surface area (Å²) in [5.41, 5.74) is 1.49. The van der Waals surface area contributed by atoms with Gasteiger partial charge in [-0.25, -0.2) is 4.68 Å². The molecule has 1 aromatic heterocycles. The lowest BCUT2D eigenvalue weighted by atomic mass is 9.88. The van der Waals surface area contributed by atoms with Gasteiger partial charge in [-0.15, -0.1) is 5.10 Å². The van der Waals surface area contributed by atoms with Crippen LogP contribution in [0.3, 0.4) is 0 Å². The van der Waals surface area contributed by atoms with E-state index in [0.29, 0.717) is 26.2 Å². The molecule has 1 saturated heterocycles. The maximum Gasteiger partial charge on any atom is 0.276 e. The Kier molecular flexibility index (Phi) is 8.17. The maximum absolute atomic E-state index is 12.8. The van der Waals surface area contributed by atoms with Crippen molar-refractivity contribution in [3.8, 4) is 0 Å². The number of nitrogens with zero attached hydrogens (tertiary/aromatic N) is 5. The Morgan fingerprint density at radius 1 is 1.16 bits per heavy atom. The van der Waals surface area contributed by atoms with E-state index in [-0.39, 0.29) is 36.1 Å². The van der Waals surface area contributed by atoms with Gasteiger partial charge in [0.15, 0.2) is 5.69 Å². The first kappa shape index (κ1) is 22.9. The highest BCUT2D eigenvalue weighted by Crippen LogP contribution is 2.24. The number of benzene rings is 1. The van der Waals surface area contributed by atoms with Crippen LogP contribution >= 0.6 is 0 Å². The van der Waals surface area contributed by atoms with Gasteiger partial charge >= 0.3 is 0 Å². The van der Waals surface area contributed by atoms with Crippen LogP contribution in [0.1, 0.15) is 49.2 Å². The maximum atomic E-state index is 12.8. The first-order valence-corrected chi connectivity index (χ1v) is 11.2. The summed E-state index contributed by atoms with van der Waals surface area (Å²) in [7, 11) is 0. The van der Waals surface area contributed by atoms with Crippen molar-refractivity contribution in [3.05, 3.63) is 47.8 Å². The van der Waals surface area contributed by atoms with Gasteiger partial charge in [0, 0.05) is 26.2 Å². The smallest absolute Gasteiger partial charge is 0.276 e. The van der Waals surface area contributed by atoms with Gasteiger partial charge in [0.2, 0.25) is 5.91 Å². The molecule has 8 heteroatoms. The molecular weight excluding hydrogens is 394 g/mol. The average molecular weight is 428 g/mol. The summed E-state index contributed by atoms with van der Waals surface area (Å²) in [6.07, 6.45) is 4.33. The van der Waals surface area contributed by atoms with Crippen molar-refractivity contribution in [2.24, 2.45) is 5.92 Å². The summed E-state index contributed by atoms with van der Waals surface area (Å²) >= 11 is 0. The van der Waals surface area contributed by atoms with Gasteiger partial charge < -0.3 is 14.9 Å². The lowest BCUT2D eigenvalue weighted by Crippen LogP contribution is -2.41. The highest BCUT2D eigenvalue weighted by Gasteiger charge is 2.29. The monoisotopic (exact) mass is 427 g/mol. The highest BCUT2D eigenvalue weighted by atomic mass is 16.3. The Morgan fingerprint density at radius 3 is 2.48 bits per heavy atom. The second-order valence-electron chi connectivity index (χ2n) is 8.09. The Bertz CT molecular complexity index is 842. The number of rotatable bonds is 9. The van der Waals surface area contributed by atoms with Crippen LogP contribution in [0.5, 0.6) is 0 Å². The number of hydrogen-bond acceptors (Lipinski definition) is 5. The summed E-state index contributed by atoms with van der Waals surface area (Å²) in [6, 6.07) is 10.2. The van der Waals surface area contributed by atoms with E-state index in [2.05, 4.69) is 22.4 Å². The number of likely N-dealkylation sites (N-methyl/N-ethyl adjacent to an activating group) is 1. The van der Waals surface area contributed by atoms with E-state index >= 15 is 0 Å². The molecule has 2 heterocycles. The number of carbonyl (C=O) groups is 2. The number of likely N-dealkylation sites (tertiary alicyclic amines) is 1. The summed E-state index contributed by atoms with van der Waals surface area (Å²) in [6.45, 7) is 6.41. The van der Waals surface area contributed by atoms with Gasteiger partial charge in [0.1, 0.15) is 6.54 Å². The first-order valence-electron chi connectivity index (χ1n) is 11.2. The molecule has 0 aliphatic carbocycles. The molecule has 1 fully saturated rings. The molecule has 1 atom stereocenters. The number of aryl methyl sites for hydroxylation is 1. The zero-order valence-electron chi connectivity index (χ0n) is 18.5. The molecule has 0 spiro atoms. The molecule has 0 bridgehead atoms. The largest absolute Gasteiger partial charge is 0.393 e. The van der Waals surface area contributed by atoms with Crippen LogP contribution < -0.4 is 0 Å². The van der Waals surface area contributed by atoms with Gasteiger partial charge in [0.25, 0.3) is 5.91 Å². The molecule has 8 nitrogen and oxygen atoms in total. The molecule has 1 aliphatic rings. The fraction of sp³-hybridized carbons (Fsp3) is 0.565. The predicted molar refractivity (Wildman–Crippen MR) is 117 cm³/mol. The minimum Gasteiger partial charge on any atom is -0.393 e. The summed E-state index contributed by atoms with van der Waals surface area (Å²) in [5, 5.41) is 18.5. The predicted octanol–water partition coefficient (Wildman–Crippen LogP) is 1.99. The summed E-state index contributed by atoms with van der Waals surface area (Å²) < 4.78 is 1.42. The van der Waals surface area contributed by atoms with E-state index in [4.69, 9.17) is 0 Å². The molecular formula is C23H33N5O3. The topological polar surface area (TPSA) is 91.6 Å². The van der Waals surface area contributed by atoms with Crippen molar-refractivity contribution >= 4 is 11.8 Å². The fourth-order valence-electron chi connectivity index (χ4n) is 4.13. The normalized spacial score (nSPS) is 15.6. The molecule has 1 N–H and O–H groups in total. The van der Waals surface area contributed by atoms with Crippen LogP contribution in [0.4, 0.5) is 0 Å². The summed E-state index contributed by atoms with van der Waals surface area (Å²) in [4.78, 5) is 28.5. The average Bonchev–Trinajstić information content (AvgIpc) is 3.27. The third-order valence-electron chi connectivity index (χ3n) is 6.11. The van der Waals surface area contributed by atoms with Crippen molar-refractivity contribution in [2.75, 3.05) is 26.2 Å². The van der Waals surface area contributed by atoms with Crippen LogP contribution in [0.15, 0.2) is 36.5 Å². The SMILES string of the molecule is CCN(CC)C(=O)Cn1cc(C(=O)N2CCC([C@@H](O)CCc3ccccc3)CC2)nn1. The van der Waals surface area contributed by atoms with Crippen LogP contribution in [-0.4, -0.2) is 74.0 Å². The lowest BCUT2D eigenvalue weighted by Gasteiger charge is -2.34. The molecule has 2 amide bonds. The Hall–Kier alpha value is -2.74. The minimum atomic E-state index is -0.357. The van der Waals surface area contributed by atoms with Crippen LogP contribution in [-0.2, 0) is 17.8 Å². The number of aliphatic hydroxyl groups excluding tert-OH is 1. The third-order valence-corrected chi connectivity index (χ3v) is 6.11. The second-order valence-corrected chi connectivity index (χ2v) is 8.09. The Labute approximate surface area is 183 Å². The Balaban J connectivity index is 1.46. The zero-order chi connectivity index (χ0) is 22.2. The highest BCUT2D eigenvalue weighted by molar-refractivity contribution is 5.92. The standard InChI is InChI=1S/C23H33N5O3/c1-3-26(4-2)22(30)17-28-16-20(24-25-28)23(31)27-14-12-19(13-15-27)21(29)11-10-18-8-6-5-7-9-18/h5-9,16,19,21,29H,3-4,10-15,17H2,1-2H3/t21-/m0/s1. The first-order chi connectivity index (χ1) is 15.0. The van der Waals surface area contributed by atoms with Crippen molar-refractivity contribution < 1.29 is 14.7 Å². The number of aliphatic hydroxyl groups is 1. The van der Waals surface area contributed by atoms with Crippen molar-refractivity contribution in [3.63, 3.8) is 0 Å². The molecule has 168 valence electrons. The molecule has 3 rings (SSSR count). The van der Waals surface area contributed by atoms with E-state index in [0.717, 1.165) is 25.7 Å². The van der Waals surface area contributed by atoms with Gasteiger partial charge in [0.05, 0.1) is 12.3 Å². The number of aromatic nitrogens is 3. The van der Waals surface area contributed by atoms with Crippen molar-refractivity contribution in [1.29, 1.82) is 0 Å². The van der Waals surface area contributed by atoms with Gasteiger partial charge in [-0.2, -0.15) is 0 Å². The molecule has 2 aromatic rings. The number of piperidine rings is 1. The Morgan fingerprint density at radius 2 is 1.84 bits per heavy atom. The number of carbonyl (C=O) groups excluding carboxylic acids is 2. The molecule has 0 saturated carbocycles. The van der Waals surface area contributed by atoms with Gasteiger partial charge in [-0.1, -0.05) is 35.5 Å². The quantitative estimate of drug-likeness (QED) is 0.661. The van der Waals surface area contributed by atoms with E-state index in [1.54, 1.807) is 16.0 Å². The van der Waals surface area contributed by atoms with Gasteiger partial charge in [-0.05, 0) is 51.0 Å². The molecule has 1 aliphatic heterocycles. The van der Waals surface area contributed by atoms with E-state index in [1.807, 2.05) is 32.0 Å². The molecule has 0 radical (unpaired) electrons. The van der Waals surface area contributed by atoms with Gasteiger partial charge in [-0.3, -0.25) is 9.59 Å². The fourth-order valence-corrected chi connectivity index (χ4v) is 4.13. The van der Waals surface area contributed by atoms with Crippen molar-refractivity contribution in [1.82, 2.24) is 24.8 Å². The third kappa shape index (κ3) is 6.13. The number of amides is 2. The van der Waals surface area contributed by atoms with Crippen LogP contribution in [0, 0.1) is 5.92 Å². The zero-order valence-corrected chi connectivity index (χ0v) is 18.5. The lowest BCUT2D eigenvalue weighted by molar-refractivity contribution is -0.131. The molecule has 0 unspecified atom stereocenters. The van der Waals surface area contributed by atoms with Crippen molar-refractivity contribution in [2.45, 2.75) is 52.2 Å². The summed E-state index contributed by atoms with van der Waals surface area (Å²) in [5.74, 6) is -0.00639. The van der Waals surface area contributed by atoms with Crippen LogP contribution in [0.2, 0.25) is 0 Å². The minimum absolute atomic E-state index is 0.0424. The molecule has 31 heavy (non-hydrogen) atoms. The van der Waals surface area contributed by atoms with E-state index in [1.165, 1.54) is 10.2 Å². The van der Waals surface area contributed by atoms with E-state index < -0.39 is 0 Å². The second kappa shape index (κ2) is 11.0. The molecule has 1 aromatic carbocycles. The number of hydrogen-bond donors (Lipinski definition) is 1. The van der Waals surface area contributed by atoms with Crippen LogP contribution in [0.25, 0.3) is 0 Å². The van der Waals surface area contributed by atoms with E-state index in [9.17, 15) is 14.7 Å².